The normalized spacial score (nSPS) is 12.4. The zero-order chi connectivity index (χ0) is 12.2. The number of nitrogens with one attached hydrogen (secondary N) is 1. The molecule has 0 unspecified atom stereocenters. The highest BCUT2D eigenvalue weighted by Crippen LogP contribution is 2.25. The summed E-state index contributed by atoms with van der Waals surface area (Å²) in [6.07, 6.45) is -1.16. The summed E-state index contributed by atoms with van der Waals surface area (Å²) in [5.74, 6) is -4.03. The van der Waals surface area contributed by atoms with Crippen LogP contribution in [0, 0.1) is 0 Å². The Hall–Kier alpha value is -1.11. The minimum absolute atomic E-state index is 0.329. The molecule has 1 heterocycles. The maximum Gasteiger partial charge on any atom is 0.324 e. The summed E-state index contributed by atoms with van der Waals surface area (Å²) in [4.78, 5) is 3.66. The molecule has 3 nitrogen and oxygen atoms in total. The van der Waals surface area contributed by atoms with Crippen molar-refractivity contribution in [1.82, 2.24) is 14.9 Å². The van der Waals surface area contributed by atoms with Gasteiger partial charge in [-0.15, -0.1) is 0 Å². The third-order valence-electron chi connectivity index (χ3n) is 2.06. The van der Waals surface area contributed by atoms with Gasteiger partial charge in [0, 0.05) is 12.7 Å². The van der Waals surface area contributed by atoms with Gasteiger partial charge in [0.25, 0.3) is 0 Å². The average molecular weight is 239 g/mol. The van der Waals surface area contributed by atoms with Crippen LogP contribution in [-0.4, -0.2) is 28.4 Å². The van der Waals surface area contributed by atoms with Crippen molar-refractivity contribution >= 4 is 0 Å². The number of rotatable bonds is 6. The molecule has 0 radical (unpaired) electrons. The molecular weight excluding hydrogens is 226 g/mol. The summed E-state index contributed by atoms with van der Waals surface area (Å²) in [5.41, 5.74) is 0.460. The van der Waals surface area contributed by atoms with Crippen LogP contribution in [0.2, 0.25) is 0 Å². The van der Waals surface area contributed by atoms with E-state index in [-0.39, 0.29) is 0 Å². The highest BCUT2D eigenvalue weighted by molar-refractivity contribution is 4.99. The van der Waals surface area contributed by atoms with Crippen LogP contribution in [0.1, 0.15) is 12.6 Å². The van der Waals surface area contributed by atoms with Gasteiger partial charge in [0.05, 0.1) is 18.6 Å². The smallest absolute Gasteiger partial charge is 0.324 e. The lowest BCUT2D eigenvalue weighted by Gasteiger charge is -2.17. The van der Waals surface area contributed by atoms with Crippen molar-refractivity contribution in [1.29, 1.82) is 0 Å². The standard InChI is InChI=1S/C9H13F4N3/c1-2-14-3-7-4-15-6-16(7)5-9(12,13)8(10)11/h4,6,8,14H,2-3,5H2,1H3. The Bertz CT molecular complexity index is 324. The molecule has 0 aliphatic heterocycles. The van der Waals surface area contributed by atoms with Crippen molar-refractivity contribution in [3.05, 3.63) is 18.2 Å². The Labute approximate surface area is 90.5 Å². The van der Waals surface area contributed by atoms with E-state index >= 15 is 0 Å². The molecule has 0 fully saturated rings. The molecule has 92 valence electrons. The van der Waals surface area contributed by atoms with E-state index in [0.717, 1.165) is 10.9 Å². The molecule has 1 N–H and O–H groups in total. The Morgan fingerprint density at radius 1 is 1.50 bits per heavy atom. The fraction of sp³-hybridized carbons (Fsp3) is 0.667. The predicted molar refractivity (Wildman–Crippen MR) is 50.6 cm³/mol. The summed E-state index contributed by atoms with van der Waals surface area (Å²) >= 11 is 0. The first-order valence-electron chi connectivity index (χ1n) is 4.83. The maximum atomic E-state index is 12.8. The van der Waals surface area contributed by atoms with Gasteiger partial charge in [-0.05, 0) is 6.54 Å². The first kappa shape index (κ1) is 13.0. The Morgan fingerprint density at radius 2 is 2.19 bits per heavy atom. The Balaban J connectivity index is 2.70. The highest BCUT2D eigenvalue weighted by atomic mass is 19.3. The number of hydrogen-bond donors (Lipinski definition) is 1. The van der Waals surface area contributed by atoms with Gasteiger partial charge in [0.1, 0.15) is 0 Å². The monoisotopic (exact) mass is 239 g/mol. The van der Waals surface area contributed by atoms with Crippen LogP contribution >= 0.6 is 0 Å². The summed E-state index contributed by atoms with van der Waals surface area (Å²) in [6, 6.07) is 0. The molecular formula is C9H13F4N3. The summed E-state index contributed by atoms with van der Waals surface area (Å²) in [6.45, 7) is 1.80. The molecule has 1 aromatic heterocycles. The molecule has 7 heteroatoms. The molecule has 16 heavy (non-hydrogen) atoms. The molecule has 1 aromatic rings. The number of imidazole rings is 1. The first-order valence-corrected chi connectivity index (χ1v) is 4.83. The molecule has 0 saturated carbocycles. The molecule has 0 aliphatic rings. The second-order valence-corrected chi connectivity index (χ2v) is 3.35. The van der Waals surface area contributed by atoms with Crippen LogP contribution in [0.5, 0.6) is 0 Å². The van der Waals surface area contributed by atoms with E-state index in [2.05, 4.69) is 10.3 Å². The van der Waals surface area contributed by atoms with Crippen LogP contribution in [0.25, 0.3) is 0 Å². The van der Waals surface area contributed by atoms with E-state index < -0.39 is 18.9 Å². The zero-order valence-electron chi connectivity index (χ0n) is 8.76. The predicted octanol–water partition coefficient (Wildman–Crippen LogP) is 1.89. The number of alkyl halides is 4. The molecule has 0 bridgehead atoms. The number of nitrogens with zero attached hydrogens (tertiary/aromatic N) is 2. The molecule has 0 amide bonds. The van der Waals surface area contributed by atoms with E-state index in [4.69, 9.17) is 0 Å². The second-order valence-electron chi connectivity index (χ2n) is 3.35. The zero-order valence-corrected chi connectivity index (χ0v) is 8.76. The van der Waals surface area contributed by atoms with Gasteiger partial charge in [-0.3, -0.25) is 0 Å². The van der Waals surface area contributed by atoms with Gasteiger partial charge in [0.15, 0.2) is 0 Å². The van der Waals surface area contributed by atoms with Crippen molar-refractivity contribution in [3.63, 3.8) is 0 Å². The van der Waals surface area contributed by atoms with E-state index in [1.54, 1.807) is 0 Å². The minimum Gasteiger partial charge on any atom is -0.327 e. The molecule has 0 aliphatic carbocycles. The quantitative estimate of drug-likeness (QED) is 0.768. The highest BCUT2D eigenvalue weighted by Gasteiger charge is 2.41. The second kappa shape index (κ2) is 5.29. The van der Waals surface area contributed by atoms with Crippen LogP contribution in [0.4, 0.5) is 17.6 Å². The SMILES string of the molecule is CCNCc1cncn1CC(F)(F)C(F)F. The van der Waals surface area contributed by atoms with Gasteiger partial charge >= 0.3 is 12.3 Å². The Morgan fingerprint density at radius 3 is 2.75 bits per heavy atom. The maximum absolute atomic E-state index is 12.8. The van der Waals surface area contributed by atoms with E-state index in [1.165, 1.54) is 6.20 Å². The molecule has 0 aromatic carbocycles. The molecule has 0 saturated heterocycles. The van der Waals surface area contributed by atoms with Crippen molar-refractivity contribution in [3.8, 4) is 0 Å². The first-order chi connectivity index (χ1) is 7.47. The van der Waals surface area contributed by atoms with Crippen LogP contribution in [0.3, 0.4) is 0 Å². The molecule has 0 spiro atoms. The minimum atomic E-state index is -4.03. The number of hydrogen-bond acceptors (Lipinski definition) is 2. The van der Waals surface area contributed by atoms with Gasteiger partial charge in [0.2, 0.25) is 0 Å². The fourth-order valence-corrected chi connectivity index (χ4v) is 1.19. The van der Waals surface area contributed by atoms with E-state index in [1.807, 2.05) is 6.92 Å². The van der Waals surface area contributed by atoms with Crippen LogP contribution < -0.4 is 5.32 Å². The van der Waals surface area contributed by atoms with E-state index in [9.17, 15) is 17.6 Å². The lowest BCUT2D eigenvalue weighted by molar-refractivity contribution is -0.138. The van der Waals surface area contributed by atoms with Gasteiger partial charge in [-0.2, -0.15) is 8.78 Å². The summed E-state index contributed by atoms with van der Waals surface area (Å²) < 4.78 is 50.6. The van der Waals surface area contributed by atoms with Crippen molar-refractivity contribution in [2.24, 2.45) is 0 Å². The largest absolute Gasteiger partial charge is 0.327 e. The molecule has 1 rings (SSSR count). The van der Waals surface area contributed by atoms with Crippen molar-refractivity contribution in [2.75, 3.05) is 6.54 Å². The van der Waals surface area contributed by atoms with Crippen molar-refractivity contribution in [2.45, 2.75) is 32.4 Å². The number of halogens is 4. The Kier molecular flexibility index (Phi) is 4.28. The van der Waals surface area contributed by atoms with Gasteiger partial charge in [-0.1, -0.05) is 6.92 Å². The van der Waals surface area contributed by atoms with Crippen LogP contribution in [0.15, 0.2) is 12.5 Å². The summed E-state index contributed by atoms with van der Waals surface area (Å²) in [7, 11) is 0. The lowest BCUT2D eigenvalue weighted by atomic mass is 10.3. The van der Waals surface area contributed by atoms with Gasteiger partial charge < -0.3 is 9.88 Å². The van der Waals surface area contributed by atoms with Crippen molar-refractivity contribution < 1.29 is 17.6 Å². The lowest BCUT2D eigenvalue weighted by Crippen LogP contribution is -2.33. The third kappa shape index (κ3) is 3.19. The molecule has 0 atom stereocenters. The number of aromatic nitrogens is 2. The topological polar surface area (TPSA) is 29.9 Å². The van der Waals surface area contributed by atoms with E-state index in [0.29, 0.717) is 18.8 Å². The van der Waals surface area contributed by atoms with Gasteiger partial charge in [-0.25, -0.2) is 13.8 Å². The third-order valence-corrected chi connectivity index (χ3v) is 2.06. The fourth-order valence-electron chi connectivity index (χ4n) is 1.19. The van der Waals surface area contributed by atoms with Crippen LogP contribution in [-0.2, 0) is 13.1 Å². The average Bonchev–Trinajstić information content (AvgIpc) is 2.61. The summed E-state index contributed by atoms with van der Waals surface area (Å²) in [5, 5.41) is 2.91.